The van der Waals surface area contributed by atoms with E-state index in [1.165, 1.54) is 22.2 Å². The van der Waals surface area contributed by atoms with Gasteiger partial charge in [0, 0.05) is 30.2 Å². The predicted octanol–water partition coefficient (Wildman–Crippen LogP) is 4.64. The van der Waals surface area contributed by atoms with Crippen molar-refractivity contribution in [2.24, 2.45) is 0 Å². The highest BCUT2D eigenvalue weighted by Crippen LogP contribution is 2.42. The maximum absolute atomic E-state index is 13.6. The summed E-state index contributed by atoms with van der Waals surface area (Å²) >= 11 is 1.33. The first kappa shape index (κ1) is 27.6. The highest BCUT2D eigenvalue weighted by molar-refractivity contribution is 7.12. The Morgan fingerprint density at radius 2 is 2.00 bits per heavy atom. The highest BCUT2D eigenvalue weighted by atomic mass is 32.1. The smallest absolute Gasteiger partial charge is 0.252 e. The van der Waals surface area contributed by atoms with Crippen LogP contribution in [0.15, 0.2) is 30.0 Å². The Morgan fingerprint density at radius 3 is 2.67 bits per heavy atom. The molecule has 15 heteroatoms. The Hall–Kier alpha value is -4.24. The van der Waals surface area contributed by atoms with Crippen LogP contribution in [-0.4, -0.2) is 63.3 Å². The standard InChI is InChI=1S/C28H32FN11O2S/c1-15-10-22(38-37-15)34-24-20-12-31-40(19-4-5-19)25(20)36-23(35-24)17-6-8-28(42-3,9-7-17)26(41)32-16(2)21-14-43-27(33-21)39-13-18(29)11-30-39/h10-14,16-17,19H,4-9H2,1-3H3,(H,32,41)(H2,34,35,36,37,38)/t16-,17-,28+/m0/s1. The number of H-pyrrole nitrogens is 1. The third-order valence-electron chi connectivity index (χ3n) is 8.33. The van der Waals surface area contributed by atoms with Gasteiger partial charge in [-0.3, -0.25) is 9.89 Å². The van der Waals surface area contributed by atoms with Crippen LogP contribution in [0.5, 0.6) is 0 Å². The summed E-state index contributed by atoms with van der Waals surface area (Å²) in [7, 11) is 1.59. The van der Waals surface area contributed by atoms with E-state index in [2.05, 4.69) is 36.0 Å². The van der Waals surface area contributed by atoms with E-state index in [-0.39, 0.29) is 17.9 Å². The first-order valence-corrected chi connectivity index (χ1v) is 15.3. The molecule has 1 atom stereocenters. The van der Waals surface area contributed by atoms with Crippen molar-refractivity contribution < 1.29 is 13.9 Å². The molecule has 1 amide bonds. The quantitative estimate of drug-likeness (QED) is 0.218. The topological polar surface area (TPSA) is 153 Å². The molecule has 0 saturated heterocycles. The lowest BCUT2D eigenvalue weighted by atomic mass is 9.77. The number of carbonyl (C=O) groups is 1. The minimum Gasteiger partial charge on any atom is -0.368 e. The molecule has 2 aliphatic rings. The summed E-state index contributed by atoms with van der Waals surface area (Å²) in [5, 5.41) is 25.5. The Kier molecular flexibility index (Phi) is 6.92. The first-order chi connectivity index (χ1) is 20.8. The summed E-state index contributed by atoms with van der Waals surface area (Å²) in [4.78, 5) is 28.1. The van der Waals surface area contributed by atoms with Crippen LogP contribution in [0.1, 0.15) is 80.7 Å². The van der Waals surface area contributed by atoms with Gasteiger partial charge in [-0.25, -0.2) is 28.7 Å². The lowest BCUT2D eigenvalue weighted by Gasteiger charge is -2.38. The molecule has 0 aromatic carbocycles. The van der Waals surface area contributed by atoms with E-state index in [0.717, 1.165) is 41.6 Å². The number of hydrogen-bond acceptors (Lipinski definition) is 10. The van der Waals surface area contributed by atoms with E-state index < -0.39 is 11.4 Å². The number of aromatic amines is 1. The van der Waals surface area contributed by atoms with Crippen molar-refractivity contribution >= 4 is 39.9 Å². The van der Waals surface area contributed by atoms with Crippen LogP contribution in [0.3, 0.4) is 0 Å². The third kappa shape index (κ3) is 5.27. The Morgan fingerprint density at radius 1 is 1.19 bits per heavy atom. The van der Waals surface area contributed by atoms with Gasteiger partial charge in [-0.2, -0.15) is 15.3 Å². The second-order valence-corrected chi connectivity index (χ2v) is 12.2. The average Bonchev–Trinajstić information content (AvgIpc) is 3.37. The Labute approximate surface area is 250 Å². The summed E-state index contributed by atoms with van der Waals surface area (Å²) in [6.07, 6.45) is 8.81. The molecule has 0 bridgehead atoms. The van der Waals surface area contributed by atoms with Crippen molar-refractivity contribution in [3.63, 3.8) is 0 Å². The van der Waals surface area contributed by atoms with Gasteiger partial charge >= 0.3 is 0 Å². The molecule has 224 valence electrons. The van der Waals surface area contributed by atoms with Crippen molar-refractivity contribution in [2.45, 2.75) is 76.0 Å². The Balaban J connectivity index is 1.08. The number of ether oxygens (including phenoxy) is 1. The predicted molar refractivity (Wildman–Crippen MR) is 157 cm³/mol. The number of thiazole rings is 1. The van der Waals surface area contributed by atoms with Crippen molar-refractivity contribution in [3.05, 3.63) is 53.1 Å². The van der Waals surface area contributed by atoms with Gasteiger partial charge in [0.2, 0.25) is 5.13 Å². The van der Waals surface area contributed by atoms with Crippen molar-refractivity contribution in [1.82, 2.24) is 50.0 Å². The SMILES string of the molecule is CO[C@]1(C(=O)N[C@@H](C)c2csc(-n3cc(F)cn3)n2)CC[C@H](c2nc(Nc3cc(C)[nH]n3)c3cnn(C4CC4)c3n2)CC1. The highest BCUT2D eigenvalue weighted by Gasteiger charge is 2.44. The zero-order valence-corrected chi connectivity index (χ0v) is 24.9. The summed E-state index contributed by atoms with van der Waals surface area (Å²) in [5.41, 5.74) is 1.46. The molecule has 5 aromatic heterocycles. The van der Waals surface area contributed by atoms with E-state index in [0.29, 0.717) is 54.2 Å². The molecule has 5 heterocycles. The van der Waals surface area contributed by atoms with Gasteiger partial charge in [0.1, 0.15) is 17.2 Å². The second kappa shape index (κ2) is 10.8. The maximum Gasteiger partial charge on any atom is 0.252 e. The average molecular weight is 606 g/mol. The van der Waals surface area contributed by atoms with E-state index in [9.17, 15) is 9.18 Å². The molecule has 2 aliphatic carbocycles. The third-order valence-corrected chi connectivity index (χ3v) is 9.18. The number of amides is 1. The van der Waals surface area contributed by atoms with Gasteiger partial charge in [0.15, 0.2) is 17.3 Å². The van der Waals surface area contributed by atoms with Crippen LogP contribution in [0, 0.1) is 12.7 Å². The van der Waals surface area contributed by atoms with Gasteiger partial charge in [-0.1, -0.05) is 0 Å². The fourth-order valence-electron chi connectivity index (χ4n) is 5.66. The van der Waals surface area contributed by atoms with Crippen LogP contribution in [0.25, 0.3) is 16.2 Å². The molecule has 0 radical (unpaired) electrons. The summed E-state index contributed by atoms with van der Waals surface area (Å²) in [6, 6.07) is 1.93. The van der Waals surface area contributed by atoms with E-state index in [4.69, 9.17) is 14.7 Å². The zero-order chi connectivity index (χ0) is 29.7. The number of aryl methyl sites for hydroxylation is 1. The monoisotopic (exact) mass is 605 g/mol. The van der Waals surface area contributed by atoms with Crippen molar-refractivity contribution in [3.8, 4) is 5.13 Å². The fraction of sp³-hybridized carbons (Fsp3) is 0.464. The molecule has 2 saturated carbocycles. The zero-order valence-electron chi connectivity index (χ0n) is 24.0. The van der Waals surface area contributed by atoms with Crippen LogP contribution < -0.4 is 10.6 Å². The lowest BCUT2D eigenvalue weighted by Crippen LogP contribution is -2.51. The van der Waals surface area contributed by atoms with Crippen LogP contribution >= 0.6 is 11.3 Å². The molecular weight excluding hydrogens is 573 g/mol. The van der Waals surface area contributed by atoms with Gasteiger partial charge in [0.05, 0.1) is 41.8 Å². The summed E-state index contributed by atoms with van der Waals surface area (Å²) in [5.74, 6) is 1.52. The molecular formula is C28H32FN11O2S. The van der Waals surface area contributed by atoms with Crippen LogP contribution in [-0.2, 0) is 9.53 Å². The number of methoxy groups -OCH3 is 1. The van der Waals surface area contributed by atoms with Crippen molar-refractivity contribution in [2.75, 3.05) is 12.4 Å². The molecule has 2 fully saturated rings. The number of fused-ring (bicyclic) bond motifs is 1. The van der Waals surface area contributed by atoms with Crippen molar-refractivity contribution in [1.29, 1.82) is 0 Å². The van der Waals surface area contributed by atoms with Crippen LogP contribution in [0.4, 0.5) is 16.0 Å². The van der Waals surface area contributed by atoms with Gasteiger partial charge in [0.25, 0.3) is 5.91 Å². The number of nitrogens with one attached hydrogen (secondary N) is 3. The van der Waals surface area contributed by atoms with Crippen LogP contribution in [0.2, 0.25) is 0 Å². The second-order valence-electron chi connectivity index (χ2n) is 11.4. The molecule has 5 aromatic rings. The number of rotatable bonds is 9. The summed E-state index contributed by atoms with van der Waals surface area (Å²) < 4.78 is 22.7. The van der Waals surface area contributed by atoms with E-state index >= 15 is 0 Å². The number of hydrogen-bond donors (Lipinski definition) is 3. The number of halogens is 1. The van der Waals surface area contributed by atoms with Gasteiger partial charge in [-0.05, 0) is 52.4 Å². The molecule has 0 aliphatic heterocycles. The normalized spacial score (nSPS) is 21.3. The lowest BCUT2D eigenvalue weighted by molar-refractivity contribution is -0.148. The molecule has 43 heavy (non-hydrogen) atoms. The maximum atomic E-state index is 13.6. The number of aromatic nitrogens is 9. The fourth-order valence-corrected chi connectivity index (χ4v) is 6.51. The first-order valence-electron chi connectivity index (χ1n) is 14.4. The van der Waals surface area contributed by atoms with E-state index in [1.54, 1.807) is 7.11 Å². The molecule has 13 nitrogen and oxygen atoms in total. The van der Waals surface area contributed by atoms with E-state index in [1.807, 2.05) is 36.2 Å². The number of carbonyl (C=O) groups excluding carboxylic acids is 1. The molecule has 0 spiro atoms. The molecule has 3 N–H and O–H groups in total. The summed E-state index contributed by atoms with van der Waals surface area (Å²) in [6.45, 7) is 3.82. The molecule has 0 unspecified atom stereocenters. The van der Waals surface area contributed by atoms with Gasteiger partial charge < -0.3 is 15.4 Å². The number of nitrogens with zero attached hydrogens (tertiary/aromatic N) is 8. The van der Waals surface area contributed by atoms with Gasteiger partial charge in [-0.15, -0.1) is 11.3 Å². The minimum atomic E-state index is -0.970. The minimum absolute atomic E-state index is 0.0532. The molecule has 7 rings (SSSR count). The largest absolute Gasteiger partial charge is 0.368 e. The Bertz CT molecular complexity index is 1780. The number of anilines is 2.